The maximum Gasteiger partial charge on any atom is 0.340 e. The minimum atomic E-state index is -4.01. The second-order valence-electron chi connectivity index (χ2n) is 6.72. The second kappa shape index (κ2) is 9.32. The number of rotatable bonds is 9. The third-order valence-corrected chi connectivity index (χ3v) is 6.48. The van der Waals surface area contributed by atoms with Gasteiger partial charge in [0.05, 0.1) is 27.7 Å². The molecule has 0 aromatic heterocycles. The molecule has 30 heavy (non-hydrogen) atoms. The standard InChI is InChI=1S/C21H21ClN2O5S/c1-2-12-24(16-6-4-3-5-7-16)30(27,28)17-10-11-19(22)18(13-17)21(26)29-14-20(25)23-15-8-9-15/h2-7,10-11,13,15H,1,8-9,12,14H2,(H,23,25). The predicted octanol–water partition coefficient (Wildman–Crippen LogP) is 3.16. The number of sulfonamides is 1. The van der Waals surface area contributed by atoms with Crippen molar-refractivity contribution in [1.29, 1.82) is 0 Å². The van der Waals surface area contributed by atoms with E-state index in [-0.39, 0.29) is 28.1 Å². The lowest BCUT2D eigenvalue weighted by Crippen LogP contribution is -2.31. The molecule has 1 fully saturated rings. The van der Waals surface area contributed by atoms with Gasteiger partial charge in [0.25, 0.3) is 15.9 Å². The van der Waals surface area contributed by atoms with Gasteiger partial charge in [0.1, 0.15) is 0 Å². The van der Waals surface area contributed by atoms with E-state index in [1.54, 1.807) is 30.3 Å². The number of nitrogens with one attached hydrogen (secondary N) is 1. The molecule has 0 saturated heterocycles. The fraction of sp³-hybridized carbons (Fsp3) is 0.238. The lowest BCUT2D eigenvalue weighted by molar-refractivity contribution is -0.124. The van der Waals surface area contributed by atoms with Gasteiger partial charge in [-0.3, -0.25) is 9.10 Å². The number of anilines is 1. The summed E-state index contributed by atoms with van der Waals surface area (Å²) >= 11 is 6.08. The van der Waals surface area contributed by atoms with Gasteiger partial charge in [-0.1, -0.05) is 35.9 Å². The molecule has 2 aromatic carbocycles. The Morgan fingerprint density at radius 1 is 1.20 bits per heavy atom. The molecule has 1 aliphatic rings. The van der Waals surface area contributed by atoms with Gasteiger partial charge in [0.15, 0.2) is 6.61 Å². The van der Waals surface area contributed by atoms with Crippen LogP contribution >= 0.6 is 11.6 Å². The smallest absolute Gasteiger partial charge is 0.340 e. The van der Waals surface area contributed by atoms with Gasteiger partial charge < -0.3 is 10.1 Å². The molecule has 0 atom stereocenters. The van der Waals surface area contributed by atoms with Crippen molar-refractivity contribution in [3.63, 3.8) is 0 Å². The highest BCUT2D eigenvalue weighted by Crippen LogP contribution is 2.27. The van der Waals surface area contributed by atoms with E-state index in [2.05, 4.69) is 11.9 Å². The highest BCUT2D eigenvalue weighted by atomic mass is 35.5. The van der Waals surface area contributed by atoms with E-state index in [0.29, 0.717) is 5.69 Å². The SMILES string of the molecule is C=CCN(c1ccccc1)S(=O)(=O)c1ccc(Cl)c(C(=O)OCC(=O)NC2CC2)c1. The van der Waals surface area contributed by atoms with Crippen LogP contribution in [0, 0.1) is 0 Å². The monoisotopic (exact) mass is 448 g/mol. The number of benzene rings is 2. The minimum Gasteiger partial charge on any atom is -0.452 e. The number of nitrogens with zero attached hydrogens (tertiary/aromatic N) is 1. The first-order chi connectivity index (χ1) is 14.3. The Morgan fingerprint density at radius 2 is 1.90 bits per heavy atom. The van der Waals surface area contributed by atoms with Crippen LogP contribution in [-0.4, -0.2) is 39.5 Å². The molecule has 0 radical (unpaired) electrons. The number of halogens is 1. The summed E-state index contributed by atoms with van der Waals surface area (Å²) in [6, 6.07) is 12.4. The molecule has 1 saturated carbocycles. The largest absolute Gasteiger partial charge is 0.452 e. The summed E-state index contributed by atoms with van der Waals surface area (Å²) in [5.41, 5.74) is 0.316. The van der Waals surface area contributed by atoms with E-state index in [0.717, 1.165) is 18.9 Å². The van der Waals surface area contributed by atoms with Crippen molar-refractivity contribution >= 4 is 39.2 Å². The van der Waals surface area contributed by atoms with Crippen LogP contribution in [0.1, 0.15) is 23.2 Å². The van der Waals surface area contributed by atoms with Crippen LogP contribution in [0.5, 0.6) is 0 Å². The summed E-state index contributed by atoms with van der Waals surface area (Å²) in [5, 5.41) is 2.72. The Labute approximate surface area is 180 Å². The Kier molecular flexibility index (Phi) is 6.79. The molecule has 9 heteroatoms. The van der Waals surface area contributed by atoms with Crippen LogP contribution in [0.2, 0.25) is 5.02 Å². The van der Waals surface area contributed by atoms with Crippen molar-refractivity contribution in [3.8, 4) is 0 Å². The number of hydrogen-bond donors (Lipinski definition) is 1. The van der Waals surface area contributed by atoms with Crippen LogP contribution < -0.4 is 9.62 Å². The van der Waals surface area contributed by atoms with Gasteiger partial charge in [-0.05, 0) is 43.2 Å². The Bertz CT molecular complexity index is 1050. The molecule has 0 spiro atoms. The lowest BCUT2D eigenvalue weighted by atomic mass is 10.2. The van der Waals surface area contributed by atoms with Crippen LogP contribution in [-0.2, 0) is 19.6 Å². The number of hydrogen-bond acceptors (Lipinski definition) is 5. The quantitative estimate of drug-likeness (QED) is 0.470. The van der Waals surface area contributed by atoms with Gasteiger partial charge in [-0.15, -0.1) is 6.58 Å². The maximum atomic E-state index is 13.2. The van der Waals surface area contributed by atoms with E-state index < -0.39 is 28.5 Å². The minimum absolute atomic E-state index is 0.0246. The normalized spacial score (nSPS) is 13.4. The second-order valence-corrected chi connectivity index (χ2v) is 8.99. The molecule has 0 heterocycles. The first-order valence-corrected chi connectivity index (χ1v) is 11.1. The molecule has 7 nitrogen and oxygen atoms in total. The summed E-state index contributed by atoms with van der Waals surface area (Å²) in [5.74, 6) is -1.29. The number of amides is 1. The van der Waals surface area contributed by atoms with Gasteiger partial charge in [-0.2, -0.15) is 0 Å². The predicted molar refractivity (Wildman–Crippen MR) is 114 cm³/mol. The Morgan fingerprint density at radius 3 is 2.53 bits per heavy atom. The molecule has 0 unspecified atom stereocenters. The first kappa shape index (κ1) is 21.9. The third kappa shape index (κ3) is 5.20. The van der Waals surface area contributed by atoms with E-state index >= 15 is 0 Å². The van der Waals surface area contributed by atoms with Crippen molar-refractivity contribution in [3.05, 3.63) is 71.8 Å². The Balaban J connectivity index is 1.83. The summed E-state index contributed by atoms with van der Waals surface area (Å²) in [6.45, 7) is 3.19. The van der Waals surface area contributed by atoms with E-state index in [9.17, 15) is 18.0 Å². The fourth-order valence-electron chi connectivity index (χ4n) is 2.71. The fourth-order valence-corrected chi connectivity index (χ4v) is 4.37. The molecule has 158 valence electrons. The first-order valence-electron chi connectivity index (χ1n) is 9.27. The molecule has 1 aliphatic carbocycles. The summed E-state index contributed by atoms with van der Waals surface area (Å²) in [6.07, 6.45) is 3.29. The van der Waals surface area contributed by atoms with E-state index in [1.165, 1.54) is 22.5 Å². The van der Waals surface area contributed by atoms with Crippen molar-refractivity contribution in [2.24, 2.45) is 0 Å². The third-order valence-electron chi connectivity index (χ3n) is 4.36. The lowest BCUT2D eigenvalue weighted by Gasteiger charge is -2.23. The highest BCUT2D eigenvalue weighted by molar-refractivity contribution is 7.92. The number of esters is 1. The molecular formula is C21H21ClN2O5S. The average Bonchev–Trinajstić information content (AvgIpc) is 3.55. The van der Waals surface area contributed by atoms with Gasteiger partial charge in [0, 0.05) is 6.04 Å². The van der Waals surface area contributed by atoms with Crippen LogP contribution in [0.3, 0.4) is 0 Å². The Hall–Kier alpha value is -2.84. The van der Waals surface area contributed by atoms with Crippen LogP contribution in [0.4, 0.5) is 5.69 Å². The average molecular weight is 449 g/mol. The van der Waals surface area contributed by atoms with Crippen molar-refractivity contribution < 1.29 is 22.7 Å². The van der Waals surface area contributed by atoms with Gasteiger partial charge in [-0.25, -0.2) is 13.2 Å². The van der Waals surface area contributed by atoms with Gasteiger partial charge in [0.2, 0.25) is 0 Å². The molecular weight excluding hydrogens is 428 g/mol. The molecule has 3 rings (SSSR count). The van der Waals surface area contributed by atoms with Gasteiger partial charge >= 0.3 is 5.97 Å². The van der Waals surface area contributed by atoms with E-state index in [4.69, 9.17) is 16.3 Å². The van der Waals surface area contributed by atoms with Crippen LogP contribution in [0.25, 0.3) is 0 Å². The van der Waals surface area contributed by atoms with Crippen molar-refractivity contribution in [2.75, 3.05) is 17.5 Å². The van der Waals surface area contributed by atoms with Crippen molar-refractivity contribution in [2.45, 2.75) is 23.8 Å². The zero-order valence-electron chi connectivity index (χ0n) is 16.1. The number of para-hydroxylation sites is 1. The van der Waals surface area contributed by atoms with Crippen molar-refractivity contribution in [1.82, 2.24) is 5.32 Å². The number of carbonyl (C=O) groups is 2. The summed E-state index contributed by atoms with van der Waals surface area (Å²) in [7, 11) is -4.01. The highest BCUT2D eigenvalue weighted by Gasteiger charge is 2.27. The summed E-state index contributed by atoms with van der Waals surface area (Å²) < 4.78 is 32.6. The zero-order valence-corrected chi connectivity index (χ0v) is 17.7. The topological polar surface area (TPSA) is 92.8 Å². The molecule has 1 amide bonds. The number of carbonyl (C=O) groups excluding carboxylic acids is 2. The molecule has 0 aliphatic heterocycles. The molecule has 1 N–H and O–H groups in total. The molecule has 2 aromatic rings. The summed E-state index contributed by atoms with van der Waals surface area (Å²) in [4.78, 5) is 24.0. The zero-order chi connectivity index (χ0) is 21.7. The van der Waals surface area contributed by atoms with E-state index in [1.807, 2.05) is 0 Å². The molecule has 0 bridgehead atoms. The number of ether oxygens (including phenoxy) is 1. The maximum absolute atomic E-state index is 13.2. The van der Waals surface area contributed by atoms with Crippen LogP contribution in [0.15, 0.2) is 66.1 Å².